The second-order valence-corrected chi connectivity index (χ2v) is 12.4. The summed E-state index contributed by atoms with van der Waals surface area (Å²) in [6.45, 7) is 2.24. The molecule has 1 unspecified atom stereocenters. The molecule has 0 bridgehead atoms. The van der Waals surface area contributed by atoms with Crippen molar-refractivity contribution < 1.29 is 37.4 Å². The van der Waals surface area contributed by atoms with Crippen LogP contribution in [0.1, 0.15) is 48.5 Å². The fraction of sp³-hybridized carbons (Fsp3) is 0.344. The van der Waals surface area contributed by atoms with Crippen LogP contribution < -0.4 is 24.4 Å². The average molecular weight is 624 g/mol. The molecule has 3 N–H and O–H groups in total. The number of nitrogens with one attached hydrogen (secondary N) is 2. The van der Waals surface area contributed by atoms with Crippen molar-refractivity contribution in [3.63, 3.8) is 0 Å². The molecule has 0 aliphatic carbocycles. The first-order chi connectivity index (χ1) is 21.1. The van der Waals surface area contributed by atoms with Crippen LogP contribution in [0, 0.1) is 0 Å². The zero-order valence-electron chi connectivity index (χ0n) is 24.5. The van der Waals surface area contributed by atoms with E-state index >= 15 is 0 Å². The highest BCUT2D eigenvalue weighted by atomic mass is 32.2. The van der Waals surface area contributed by atoms with E-state index in [0.29, 0.717) is 23.6 Å². The molecule has 1 aliphatic heterocycles. The standard InChI is InChI=1S/C32H37N3O8S/c1-2-44(40,41)34-32(39)28-22-35(20-9-15-29(36)37)27-14-8-13-26(30(27)43-28)33-31(38)24-16-18-25(19-17-24)42-21-7-6-12-23-10-4-3-5-11-23/h3-5,8,10-11,13-14,16-19,28H,2,6-7,9,12,15,20-22H2,1H3,(H,33,38)(H,34,39)(H,36,37). The van der Waals surface area contributed by atoms with Crippen LogP contribution in [0.25, 0.3) is 0 Å². The minimum atomic E-state index is -3.84. The number of carbonyl (C=O) groups is 3. The van der Waals surface area contributed by atoms with E-state index in [1.54, 1.807) is 47.4 Å². The highest BCUT2D eigenvalue weighted by Gasteiger charge is 2.34. The molecular formula is C32H37N3O8S. The predicted molar refractivity (Wildman–Crippen MR) is 167 cm³/mol. The summed E-state index contributed by atoms with van der Waals surface area (Å²) in [4.78, 5) is 38.8. The van der Waals surface area contributed by atoms with Gasteiger partial charge in [0, 0.05) is 18.5 Å². The Kier molecular flexibility index (Phi) is 11.2. The molecule has 12 heteroatoms. The molecule has 4 rings (SSSR count). The number of sulfonamides is 1. The number of unbranched alkanes of at least 4 members (excludes halogenated alkanes) is 1. The highest BCUT2D eigenvalue weighted by molar-refractivity contribution is 7.90. The first kappa shape index (κ1) is 32.3. The summed E-state index contributed by atoms with van der Waals surface area (Å²) in [5, 5.41) is 11.9. The molecule has 1 aliphatic rings. The maximum Gasteiger partial charge on any atom is 0.303 e. The van der Waals surface area contributed by atoms with E-state index < -0.39 is 33.9 Å². The van der Waals surface area contributed by atoms with Gasteiger partial charge >= 0.3 is 5.97 Å². The lowest BCUT2D eigenvalue weighted by molar-refractivity contribution is -0.137. The third-order valence-electron chi connectivity index (χ3n) is 7.06. The van der Waals surface area contributed by atoms with Crippen LogP contribution in [-0.4, -0.2) is 62.9 Å². The first-order valence-electron chi connectivity index (χ1n) is 14.5. The third kappa shape index (κ3) is 9.21. The minimum absolute atomic E-state index is 0.00278. The number of fused-ring (bicyclic) bond motifs is 1. The summed E-state index contributed by atoms with van der Waals surface area (Å²) in [5.74, 6) is -1.68. The van der Waals surface area contributed by atoms with Crippen molar-refractivity contribution in [3.8, 4) is 11.5 Å². The number of anilines is 2. The number of aryl methyl sites for hydroxylation is 1. The van der Waals surface area contributed by atoms with E-state index in [0.717, 1.165) is 19.3 Å². The lowest BCUT2D eigenvalue weighted by Gasteiger charge is -2.36. The van der Waals surface area contributed by atoms with E-state index in [1.807, 2.05) is 22.9 Å². The molecule has 1 heterocycles. The Bertz CT molecular complexity index is 1550. The van der Waals surface area contributed by atoms with E-state index in [9.17, 15) is 22.8 Å². The quantitative estimate of drug-likeness (QED) is 0.211. The van der Waals surface area contributed by atoms with Crippen LogP contribution in [0.5, 0.6) is 11.5 Å². The number of carboxylic acid groups (broad SMARTS) is 1. The van der Waals surface area contributed by atoms with Gasteiger partial charge in [-0.3, -0.25) is 14.4 Å². The molecule has 0 saturated carbocycles. The summed E-state index contributed by atoms with van der Waals surface area (Å²) in [6, 6.07) is 22.1. The van der Waals surface area contributed by atoms with Crippen LogP contribution >= 0.6 is 0 Å². The number of benzene rings is 3. The lowest BCUT2D eigenvalue weighted by atomic mass is 10.1. The maximum atomic E-state index is 13.2. The number of rotatable bonds is 15. The maximum absolute atomic E-state index is 13.2. The number of carboxylic acids is 1. The molecule has 3 aromatic rings. The van der Waals surface area contributed by atoms with Crippen molar-refractivity contribution in [2.75, 3.05) is 35.7 Å². The van der Waals surface area contributed by atoms with Gasteiger partial charge in [-0.25, -0.2) is 13.1 Å². The van der Waals surface area contributed by atoms with Crippen LogP contribution in [0.4, 0.5) is 11.4 Å². The van der Waals surface area contributed by atoms with Crippen LogP contribution in [0.15, 0.2) is 72.8 Å². The van der Waals surface area contributed by atoms with Gasteiger partial charge in [-0.2, -0.15) is 0 Å². The predicted octanol–water partition coefficient (Wildman–Crippen LogP) is 4.24. The molecule has 11 nitrogen and oxygen atoms in total. The summed E-state index contributed by atoms with van der Waals surface area (Å²) < 4.78 is 37.9. The number of ether oxygens (including phenoxy) is 2. The van der Waals surface area contributed by atoms with Gasteiger partial charge in [0.25, 0.3) is 11.8 Å². The molecule has 0 spiro atoms. The minimum Gasteiger partial charge on any atom is -0.494 e. The Balaban J connectivity index is 1.41. The molecule has 3 aromatic carbocycles. The Morgan fingerprint density at radius 2 is 1.73 bits per heavy atom. The number of aliphatic carboxylic acids is 1. The van der Waals surface area contributed by atoms with E-state index in [1.165, 1.54) is 12.5 Å². The SMILES string of the molecule is CCS(=O)(=O)NC(=O)C1CN(CCCC(=O)O)c2cccc(NC(=O)c3ccc(OCCCCc4ccccc4)cc3)c2O1. The molecule has 0 aromatic heterocycles. The molecule has 0 saturated heterocycles. The van der Waals surface area contributed by atoms with Gasteiger partial charge in [-0.05, 0) is 74.6 Å². The van der Waals surface area contributed by atoms with Crippen molar-refractivity contribution in [3.05, 3.63) is 83.9 Å². The normalized spacial score (nSPS) is 14.2. The Hall–Kier alpha value is -4.58. The fourth-order valence-corrected chi connectivity index (χ4v) is 5.28. The van der Waals surface area contributed by atoms with E-state index in [-0.39, 0.29) is 43.1 Å². The molecule has 234 valence electrons. The first-order valence-corrected chi connectivity index (χ1v) is 16.2. The van der Waals surface area contributed by atoms with E-state index in [4.69, 9.17) is 14.6 Å². The number of hydrogen-bond acceptors (Lipinski definition) is 8. The number of carbonyl (C=O) groups excluding carboxylic acids is 2. The number of nitrogens with zero attached hydrogens (tertiary/aromatic N) is 1. The van der Waals surface area contributed by atoms with Crippen LogP contribution in [0.3, 0.4) is 0 Å². The Morgan fingerprint density at radius 1 is 0.977 bits per heavy atom. The van der Waals surface area contributed by atoms with Gasteiger partial charge in [0.2, 0.25) is 10.0 Å². The van der Waals surface area contributed by atoms with Gasteiger partial charge in [0.05, 0.1) is 30.3 Å². The van der Waals surface area contributed by atoms with Crippen molar-refractivity contribution in [1.29, 1.82) is 0 Å². The zero-order chi connectivity index (χ0) is 31.5. The third-order valence-corrected chi connectivity index (χ3v) is 8.34. The second kappa shape index (κ2) is 15.2. The van der Waals surface area contributed by atoms with Gasteiger partial charge in [-0.15, -0.1) is 0 Å². The largest absolute Gasteiger partial charge is 0.494 e. The molecule has 2 amide bonds. The van der Waals surface area contributed by atoms with Gasteiger partial charge in [0.1, 0.15) is 5.75 Å². The van der Waals surface area contributed by atoms with Crippen LogP contribution in [0.2, 0.25) is 0 Å². The number of para-hydroxylation sites is 1. The zero-order valence-corrected chi connectivity index (χ0v) is 25.3. The van der Waals surface area contributed by atoms with Gasteiger partial charge in [-0.1, -0.05) is 36.4 Å². The van der Waals surface area contributed by atoms with Crippen molar-refractivity contribution in [1.82, 2.24) is 4.72 Å². The fourth-order valence-electron chi connectivity index (χ4n) is 4.70. The van der Waals surface area contributed by atoms with Crippen molar-refractivity contribution >= 4 is 39.2 Å². The smallest absolute Gasteiger partial charge is 0.303 e. The Labute approximate surface area is 257 Å². The molecule has 0 radical (unpaired) electrons. The van der Waals surface area contributed by atoms with Crippen LogP contribution in [-0.2, 0) is 26.0 Å². The molecule has 0 fully saturated rings. The Morgan fingerprint density at radius 3 is 2.43 bits per heavy atom. The number of hydrogen-bond donors (Lipinski definition) is 3. The highest BCUT2D eigenvalue weighted by Crippen LogP contribution is 2.40. The van der Waals surface area contributed by atoms with E-state index in [2.05, 4.69) is 17.4 Å². The molecule has 44 heavy (non-hydrogen) atoms. The summed E-state index contributed by atoms with van der Waals surface area (Å²) >= 11 is 0. The summed E-state index contributed by atoms with van der Waals surface area (Å²) in [5.41, 5.74) is 2.50. The van der Waals surface area contributed by atoms with Gasteiger partial charge < -0.3 is 24.8 Å². The summed E-state index contributed by atoms with van der Waals surface area (Å²) in [7, 11) is -3.84. The topological polar surface area (TPSA) is 151 Å². The number of amides is 2. The lowest BCUT2D eigenvalue weighted by Crippen LogP contribution is -2.50. The summed E-state index contributed by atoms with van der Waals surface area (Å²) in [6.07, 6.45) is 1.87. The monoisotopic (exact) mass is 623 g/mol. The van der Waals surface area contributed by atoms with Crippen molar-refractivity contribution in [2.24, 2.45) is 0 Å². The molecular weight excluding hydrogens is 586 g/mol. The average Bonchev–Trinajstić information content (AvgIpc) is 3.01. The van der Waals surface area contributed by atoms with Gasteiger partial charge in [0.15, 0.2) is 11.9 Å². The van der Waals surface area contributed by atoms with Crippen molar-refractivity contribution in [2.45, 2.75) is 45.1 Å². The molecule has 1 atom stereocenters. The second-order valence-electron chi connectivity index (χ2n) is 10.3.